The maximum Gasteiger partial charge on any atom is 0.223 e. The Morgan fingerprint density at radius 1 is 0.857 bits per heavy atom. The molecule has 5 rings (SSSR count). The quantitative estimate of drug-likeness (QED) is 0.472. The molecule has 0 aliphatic carbocycles. The van der Waals surface area contributed by atoms with Crippen molar-refractivity contribution in [3.8, 4) is 11.1 Å². The van der Waals surface area contributed by atoms with E-state index in [1.807, 2.05) is 42.6 Å². The second-order valence-corrected chi connectivity index (χ2v) is 9.14. The number of nitrogens with one attached hydrogen (secondary N) is 1. The van der Waals surface area contributed by atoms with Crippen LogP contribution in [-0.2, 0) is 35.5 Å². The molecule has 178 valence electrons. The molecule has 0 saturated carbocycles. The normalized spacial score (nSPS) is 18.8. The minimum Gasteiger partial charge on any atom is -0.373 e. The molecule has 1 N–H and O–H groups in total. The van der Waals surface area contributed by atoms with Crippen LogP contribution in [0.25, 0.3) is 11.1 Å². The summed E-state index contributed by atoms with van der Waals surface area (Å²) in [5.74, 6) is -0.120. The standard InChI is InChI=1S/C29H30N4O2/c34-29-26(17-23-11-13-25(14-12-23)24-9-5-2-6-10-24)15-16-33-19-28(31-32-33)21-35-20-27(30-29)18-22-7-3-1-4-8-22/h1-14,19,26-27H,15-18,20-21H2,(H,30,34)/t26-,27+/m1/s1. The first-order valence-corrected chi connectivity index (χ1v) is 12.2. The minimum atomic E-state index is -0.178. The SMILES string of the molecule is O=C1N[C@@H](Cc2ccccc2)COCc2cn(nn2)CC[C@@H]1Cc1ccc(-c2ccccc2)cc1. The lowest BCUT2D eigenvalue weighted by molar-refractivity contribution is -0.126. The molecule has 2 heterocycles. The topological polar surface area (TPSA) is 69.0 Å². The van der Waals surface area contributed by atoms with Crippen LogP contribution in [0.15, 0.2) is 91.1 Å². The van der Waals surface area contributed by atoms with Crippen LogP contribution in [-0.4, -0.2) is 33.5 Å². The molecule has 1 aromatic heterocycles. The van der Waals surface area contributed by atoms with Gasteiger partial charge in [-0.1, -0.05) is 90.1 Å². The molecule has 0 fully saturated rings. The molecule has 3 aromatic carbocycles. The van der Waals surface area contributed by atoms with Gasteiger partial charge in [-0.25, -0.2) is 0 Å². The van der Waals surface area contributed by atoms with Crippen molar-refractivity contribution >= 4 is 5.91 Å². The Morgan fingerprint density at radius 3 is 2.31 bits per heavy atom. The molecule has 6 nitrogen and oxygen atoms in total. The Hall–Kier alpha value is -3.77. The zero-order chi connectivity index (χ0) is 23.9. The van der Waals surface area contributed by atoms with Crippen molar-refractivity contribution in [2.75, 3.05) is 6.61 Å². The molecule has 2 atom stereocenters. The Bertz CT molecular complexity index is 1220. The smallest absolute Gasteiger partial charge is 0.223 e. The van der Waals surface area contributed by atoms with Gasteiger partial charge in [0.25, 0.3) is 0 Å². The first-order chi connectivity index (χ1) is 17.2. The summed E-state index contributed by atoms with van der Waals surface area (Å²) < 4.78 is 7.72. The van der Waals surface area contributed by atoms with Gasteiger partial charge in [0.2, 0.25) is 5.91 Å². The van der Waals surface area contributed by atoms with E-state index in [2.05, 4.69) is 64.2 Å². The van der Waals surface area contributed by atoms with Gasteiger partial charge in [0.05, 0.1) is 25.5 Å². The Kier molecular flexibility index (Phi) is 7.29. The van der Waals surface area contributed by atoms with Crippen molar-refractivity contribution in [1.29, 1.82) is 0 Å². The van der Waals surface area contributed by atoms with E-state index in [4.69, 9.17) is 4.74 Å². The molecule has 1 aliphatic heterocycles. The molecule has 0 unspecified atom stereocenters. The number of ether oxygens (including phenoxy) is 1. The molecular formula is C29H30N4O2. The highest BCUT2D eigenvalue weighted by atomic mass is 16.5. The third kappa shape index (κ3) is 6.22. The Morgan fingerprint density at radius 2 is 1.54 bits per heavy atom. The fourth-order valence-corrected chi connectivity index (χ4v) is 4.55. The molecule has 4 aromatic rings. The van der Waals surface area contributed by atoms with Crippen LogP contribution in [0, 0.1) is 5.92 Å². The number of nitrogens with zero attached hydrogens (tertiary/aromatic N) is 3. The number of aromatic nitrogens is 3. The van der Waals surface area contributed by atoms with E-state index in [0.29, 0.717) is 32.6 Å². The second kappa shape index (κ2) is 11.1. The zero-order valence-electron chi connectivity index (χ0n) is 19.7. The molecule has 0 saturated heterocycles. The van der Waals surface area contributed by atoms with Crippen LogP contribution in [0.2, 0.25) is 0 Å². The molecule has 0 radical (unpaired) electrons. The van der Waals surface area contributed by atoms with E-state index in [0.717, 1.165) is 17.7 Å². The monoisotopic (exact) mass is 466 g/mol. The number of aryl methyl sites for hydroxylation is 1. The minimum absolute atomic E-state index is 0.0579. The van der Waals surface area contributed by atoms with Gasteiger partial charge in [0.15, 0.2) is 0 Å². The van der Waals surface area contributed by atoms with Gasteiger partial charge in [-0.05, 0) is 41.5 Å². The maximum absolute atomic E-state index is 13.5. The average molecular weight is 467 g/mol. The van der Waals surface area contributed by atoms with Crippen molar-refractivity contribution in [2.24, 2.45) is 5.92 Å². The number of hydrogen-bond donors (Lipinski definition) is 1. The van der Waals surface area contributed by atoms with Crippen molar-refractivity contribution in [3.05, 3.63) is 108 Å². The van der Waals surface area contributed by atoms with Crippen molar-refractivity contribution in [1.82, 2.24) is 20.3 Å². The van der Waals surface area contributed by atoms with E-state index in [1.165, 1.54) is 16.7 Å². The maximum atomic E-state index is 13.5. The van der Waals surface area contributed by atoms with Crippen LogP contribution < -0.4 is 5.32 Å². The lowest BCUT2D eigenvalue weighted by atomic mass is 9.93. The van der Waals surface area contributed by atoms with Crippen LogP contribution in [0.1, 0.15) is 23.2 Å². The molecule has 6 heteroatoms. The van der Waals surface area contributed by atoms with Crippen LogP contribution >= 0.6 is 0 Å². The van der Waals surface area contributed by atoms with Crippen molar-refractivity contribution < 1.29 is 9.53 Å². The van der Waals surface area contributed by atoms with Gasteiger partial charge in [-0.2, -0.15) is 0 Å². The molecular weight excluding hydrogens is 436 g/mol. The number of rotatable bonds is 5. The average Bonchev–Trinajstić information content (AvgIpc) is 3.35. The molecule has 35 heavy (non-hydrogen) atoms. The zero-order valence-corrected chi connectivity index (χ0v) is 19.7. The van der Waals surface area contributed by atoms with Gasteiger partial charge in [-0.15, -0.1) is 5.10 Å². The van der Waals surface area contributed by atoms with E-state index < -0.39 is 0 Å². The summed E-state index contributed by atoms with van der Waals surface area (Å²) in [6.07, 6.45) is 3.99. The highest BCUT2D eigenvalue weighted by Gasteiger charge is 2.24. The summed E-state index contributed by atoms with van der Waals surface area (Å²) >= 11 is 0. The third-order valence-corrected chi connectivity index (χ3v) is 6.45. The number of benzene rings is 3. The van der Waals surface area contributed by atoms with Crippen LogP contribution in [0.4, 0.5) is 0 Å². The Labute approximate surface area is 206 Å². The Balaban J connectivity index is 1.33. The highest BCUT2D eigenvalue weighted by Crippen LogP contribution is 2.22. The van der Waals surface area contributed by atoms with E-state index in [1.54, 1.807) is 4.68 Å². The first kappa shape index (κ1) is 23.0. The predicted octanol–water partition coefficient (Wildman–Crippen LogP) is 4.45. The summed E-state index contributed by atoms with van der Waals surface area (Å²) in [6, 6.07) is 29.0. The van der Waals surface area contributed by atoms with Gasteiger partial charge < -0.3 is 10.1 Å². The van der Waals surface area contributed by atoms with Crippen molar-refractivity contribution in [3.63, 3.8) is 0 Å². The molecule has 2 bridgehead atoms. The molecule has 0 spiro atoms. The summed E-state index contributed by atoms with van der Waals surface area (Å²) in [7, 11) is 0. The lowest BCUT2D eigenvalue weighted by Crippen LogP contribution is -2.43. The highest BCUT2D eigenvalue weighted by molar-refractivity contribution is 5.79. The first-order valence-electron chi connectivity index (χ1n) is 12.2. The lowest BCUT2D eigenvalue weighted by Gasteiger charge is -2.23. The predicted molar refractivity (Wildman–Crippen MR) is 135 cm³/mol. The van der Waals surface area contributed by atoms with E-state index >= 15 is 0 Å². The number of amides is 1. The van der Waals surface area contributed by atoms with Gasteiger partial charge in [0, 0.05) is 12.5 Å². The number of fused-ring (bicyclic) bond motifs is 2. The largest absolute Gasteiger partial charge is 0.373 e. The fraction of sp³-hybridized carbons (Fsp3) is 0.276. The fourth-order valence-electron chi connectivity index (χ4n) is 4.55. The molecule has 1 aliphatic rings. The number of hydrogen-bond acceptors (Lipinski definition) is 4. The van der Waals surface area contributed by atoms with Crippen LogP contribution in [0.3, 0.4) is 0 Å². The van der Waals surface area contributed by atoms with Crippen LogP contribution in [0.5, 0.6) is 0 Å². The number of carbonyl (C=O) groups is 1. The molecule has 1 amide bonds. The van der Waals surface area contributed by atoms with E-state index in [-0.39, 0.29) is 17.9 Å². The van der Waals surface area contributed by atoms with Gasteiger partial charge >= 0.3 is 0 Å². The second-order valence-electron chi connectivity index (χ2n) is 9.14. The van der Waals surface area contributed by atoms with E-state index in [9.17, 15) is 4.79 Å². The summed E-state index contributed by atoms with van der Waals surface area (Å²) in [4.78, 5) is 13.5. The summed E-state index contributed by atoms with van der Waals surface area (Å²) in [5.41, 5.74) is 5.49. The van der Waals surface area contributed by atoms with Crippen molar-refractivity contribution in [2.45, 2.75) is 38.5 Å². The number of carbonyl (C=O) groups excluding carboxylic acids is 1. The van der Waals surface area contributed by atoms with Gasteiger partial charge in [0.1, 0.15) is 5.69 Å². The van der Waals surface area contributed by atoms with Gasteiger partial charge in [-0.3, -0.25) is 9.48 Å². The summed E-state index contributed by atoms with van der Waals surface area (Å²) in [6.45, 7) is 1.45. The third-order valence-electron chi connectivity index (χ3n) is 6.45. The summed E-state index contributed by atoms with van der Waals surface area (Å²) in [5, 5.41) is 11.7.